The molecule has 0 heterocycles. The van der Waals surface area contributed by atoms with Crippen LogP contribution in [0.2, 0.25) is 0 Å². The normalized spacial score (nSPS) is 14.3. The van der Waals surface area contributed by atoms with Crippen molar-refractivity contribution in [3.8, 4) is 0 Å². The third kappa shape index (κ3) is 5.58. The lowest BCUT2D eigenvalue weighted by molar-refractivity contribution is -0.160. The summed E-state index contributed by atoms with van der Waals surface area (Å²) in [6, 6.07) is 9.45. The van der Waals surface area contributed by atoms with Gasteiger partial charge in [0.1, 0.15) is 5.60 Å². The Kier molecular flexibility index (Phi) is 5.94. The SMILES string of the molecule is CCC(c1ccccc1)C(CC(=O)OC(C)(C)C)C(=O)O. The number of benzene rings is 1. The Bertz CT molecular complexity index is 473. The van der Waals surface area contributed by atoms with Crippen LogP contribution in [-0.4, -0.2) is 22.6 Å². The topological polar surface area (TPSA) is 63.6 Å². The van der Waals surface area contributed by atoms with Gasteiger partial charge in [0.25, 0.3) is 0 Å². The van der Waals surface area contributed by atoms with Gasteiger partial charge < -0.3 is 9.84 Å². The van der Waals surface area contributed by atoms with Gasteiger partial charge in [-0.15, -0.1) is 0 Å². The summed E-state index contributed by atoms with van der Waals surface area (Å²) in [5.41, 5.74) is 0.338. The van der Waals surface area contributed by atoms with Crippen molar-refractivity contribution in [1.29, 1.82) is 0 Å². The minimum Gasteiger partial charge on any atom is -0.481 e. The van der Waals surface area contributed by atoms with Gasteiger partial charge >= 0.3 is 11.9 Å². The Hall–Kier alpha value is -1.84. The molecule has 1 N–H and O–H groups in total. The predicted molar refractivity (Wildman–Crippen MR) is 81.1 cm³/mol. The number of rotatable bonds is 6. The summed E-state index contributed by atoms with van der Waals surface area (Å²) >= 11 is 0. The molecule has 4 nitrogen and oxygen atoms in total. The average molecular weight is 292 g/mol. The summed E-state index contributed by atoms with van der Waals surface area (Å²) in [7, 11) is 0. The lowest BCUT2D eigenvalue weighted by Crippen LogP contribution is -2.30. The zero-order chi connectivity index (χ0) is 16.0. The molecular weight excluding hydrogens is 268 g/mol. The van der Waals surface area contributed by atoms with Crippen LogP contribution < -0.4 is 0 Å². The molecule has 1 aromatic carbocycles. The Morgan fingerprint density at radius 1 is 1.19 bits per heavy atom. The molecular formula is C17H24O4. The monoisotopic (exact) mass is 292 g/mol. The van der Waals surface area contributed by atoms with Crippen molar-refractivity contribution in [1.82, 2.24) is 0 Å². The maximum absolute atomic E-state index is 11.9. The molecule has 0 saturated heterocycles. The van der Waals surface area contributed by atoms with Gasteiger partial charge in [0.2, 0.25) is 0 Å². The summed E-state index contributed by atoms with van der Waals surface area (Å²) in [6.45, 7) is 7.25. The number of hydrogen-bond donors (Lipinski definition) is 1. The van der Waals surface area contributed by atoms with Gasteiger partial charge in [0.15, 0.2) is 0 Å². The number of carboxylic acid groups (broad SMARTS) is 1. The number of esters is 1. The van der Waals surface area contributed by atoms with E-state index in [-0.39, 0.29) is 12.3 Å². The molecule has 0 amide bonds. The molecule has 0 fully saturated rings. The first-order chi connectivity index (χ1) is 9.74. The second-order valence-corrected chi connectivity index (χ2v) is 6.16. The molecule has 21 heavy (non-hydrogen) atoms. The zero-order valence-corrected chi connectivity index (χ0v) is 13.1. The summed E-state index contributed by atoms with van der Waals surface area (Å²) < 4.78 is 5.25. The molecule has 0 aromatic heterocycles. The lowest BCUT2D eigenvalue weighted by Gasteiger charge is -2.25. The summed E-state index contributed by atoms with van der Waals surface area (Å²) in [6.07, 6.45) is 0.545. The Balaban J connectivity index is 2.90. The van der Waals surface area contributed by atoms with Crippen LogP contribution in [0.15, 0.2) is 30.3 Å². The van der Waals surface area contributed by atoms with Crippen LogP contribution in [0, 0.1) is 5.92 Å². The first-order valence-electron chi connectivity index (χ1n) is 7.24. The second kappa shape index (κ2) is 7.25. The second-order valence-electron chi connectivity index (χ2n) is 6.16. The molecule has 1 aromatic rings. The quantitative estimate of drug-likeness (QED) is 0.813. The molecule has 0 aliphatic heterocycles. The smallest absolute Gasteiger partial charge is 0.307 e. The standard InChI is InChI=1S/C17H24O4/c1-5-13(12-9-7-6-8-10-12)14(16(19)20)11-15(18)21-17(2,3)4/h6-10,13-14H,5,11H2,1-4H3,(H,19,20). The molecule has 116 valence electrons. The predicted octanol–water partition coefficient (Wildman–Crippen LogP) is 3.61. The highest BCUT2D eigenvalue weighted by molar-refractivity contribution is 5.79. The third-order valence-electron chi connectivity index (χ3n) is 3.28. The van der Waals surface area contributed by atoms with Crippen LogP contribution in [0.3, 0.4) is 0 Å². The van der Waals surface area contributed by atoms with Crippen molar-refractivity contribution in [3.63, 3.8) is 0 Å². The van der Waals surface area contributed by atoms with E-state index in [0.29, 0.717) is 6.42 Å². The molecule has 0 radical (unpaired) electrons. The number of hydrogen-bond acceptors (Lipinski definition) is 3. The summed E-state index contributed by atoms with van der Waals surface area (Å²) in [4.78, 5) is 23.5. The molecule has 2 unspecified atom stereocenters. The van der Waals surface area contributed by atoms with E-state index < -0.39 is 23.5 Å². The van der Waals surface area contributed by atoms with Crippen LogP contribution in [-0.2, 0) is 14.3 Å². The van der Waals surface area contributed by atoms with Crippen molar-refractivity contribution in [2.75, 3.05) is 0 Å². The van der Waals surface area contributed by atoms with Crippen molar-refractivity contribution >= 4 is 11.9 Å². The van der Waals surface area contributed by atoms with Gasteiger partial charge in [-0.25, -0.2) is 0 Å². The fraction of sp³-hybridized carbons (Fsp3) is 0.529. The number of carbonyl (C=O) groups is 2. The van der Waals surface area contributed by atoms with Crippen LogP contribution in [0.1, 0.15) is 52.0 Å². The first kappa shape index (κ1) is 17.2. The summed E-state index contributed by atoms with van der Waals surface area (Å²) in [5.74, 6) is -2.40. The van der Waals surface area contributed by atoms with Crippen LogP contribution in [0.25, 0.3) is 0 Å². The van der Waals surface area contributed by atoms with Gasteiger partial charge in [-0.2, -0.15) is 0 Å². The van der Waals surface area contributed by atoms with Crippen LogP contribution in [0.4, 0.5) is 0 Å². The summed E-state index contributed by atoms with van der Waals surface area (Å²) in [5, 5.41) is 9.48. The number of ether oxygens (including phenoxy) is 1. The average Bonchev–Trinajstić information content (AvgIpc) is 2.37. The van der Waals surface area contributed by atoms with E-state index in [1.54, 1.807) is 20.8 Å². The van der Waals surface area contributed by atoms with Gasteiger partial charge in [-0.05, 0) is 38.7 Å². The van der Waals surface area contributed by atoms with E-state index in [4.69, 9.17) is 4.74 Å². The first-order valence-corrected chi connectivity index (χ1v) is 7.24. The Morgan fingerprint density at radius 2 is 1.76 bits per heavy atom. The van der Waals surface area contributed by atoms with E-state index >= 15 is 0 Å². The maximum atomic E-state index is 11.9. The maximum Gasteiger partial charge on any atom is 0.307 e. The largest absolute Gasteiger partial charge is 0.481 e. The third-order valence-corrected chi connectivity index (χ3v) is 3.28. The fourth-order valence-electron chi connectivity index (χ4n) is 2.42. The molecule has 0 aliphatic rings. The molecule has 0 aliphatic carbocycles. The minimum atomic E-state index is -0.962. The molecule has 2 atom stereocenters. The lowest BCUT2D eigenvalue weighted by atomic mass is 9.82. The van der Waals surface area contributed by atoms with Crippen molar-refractivity contribution < 1.29 is 19.4 Å². The zero-order valence-electron chi connectivity index (χ0n) is 13.1. The van der Waals surface area contributed by atoms with Crippen molar-refractivity contribution in [3.05, 3.63) is 35.9 Å². The number of aliphatic carboxylic acids is 1. The van der Waals surface area contributed by atoms with E-state index in [0.717, 1.165) is 5.56 Å². The van der Waals surface area contributed by atoms with Crippen molar-refractivity contribution in [2.45, 2.75) is 52.1 Å². The minimum absolute atomic E-state index is 0.111. The van der Waals surface area contributed by atoms with Gasteiger partial charge in [0, 0.05) is 0 Å². The molecule has 1 rings (SSSR count). The van der Waals surface area contributed by atoms with Crippen molar-refractivity contribution in [2.24, 2.45) is 5.92 Å². The number of carboxylic acids is 1. The molecule has 0 bridgehead atoms. The molecule has 0 saturated carbocycles. The van der Waals surface area contributed by atoms with Crippen LogP contribution in [0.5, 0.6) is 0 Å². The van der Waals surface area contributed by atoms with Gasteiger partial charge in [-0.3, -0.25) is 9.59 Å². The Labute approximate surface area is 126 Å². The van der Waals surface area contributed by atoms with Gasteiger partial charge in [-0.1, -0.05) is 37.3 Å². The van der Waals surface area contributed by atoms with E-state index in [1.165, 1.54) is 0 Å². The van der Waals surface area contributed by atoms with E-state index in [2.05, 4.69) is 0 Å². The molecule has 0 spiro atoms. The molecule has 4 heteroatoms. The van der Waals surface area contributed by atoms with E-state index in [1.807, 2.05) is 37.3 Å². The number of carbonyl (C=O) groups excluding carboxylic acids is 1. The highest BCUT2D eigenvalue weighted by Gasteiger charge is 2.32. The van der Waals surface area contributed by atoms with E-state index in [9.17, 15) is 14.7 Å². The van der Waals surface area contributed by atoms with Gasteiger partial charge in [0.05, 0.1) is 12.3 Å². The Morgan fingerprint density at radius 3 is 2.19 bits per heavy atom. The fourth-order valence-corrected chi connectivity index (χ4v) is 2.42. The van der Waals surface area contributed by atoms with Crippen LogP contribution >= 0.6 is 0 Å². The highest BCUT2D eigenvalue weighted by atomic mass is 16.6. The highest BCUT2D eigenvalue weighted by Crippen LogP contribution is 2.31.